The Morgan fingerprint density at radius 3 is 2.40 bits per heavy atom. The summed E-state index contributed by atoms with van der Waals surface area (Å²) in [5.41, 5.74) is 0. The number of hydrogen-bond acceptors (Lipinski definition) is 2. The highest BCUT2D eigenvalue weighted by molar-refractivity contribution is 4.80. The summed E-state index contributed by atoms with van der Waals surface area (Å²) in [6.07, 6.45) is 6.87. The summed E-state index contributed by atoms with van der Waals surface area (Å²) in [6, 6.07) is 2.64. The third-order valence-corrected chi connectivity index (χ3v) is 3.07. The first-order valence-electron chi connectivity index (χ1n) is 6.38. The van der Waals surface area contributed by atoms with E-state index in [0.717, 1.165) is 18.9 Å². The molecular weight excluding hydrogens is 184 g/mol. The van der Waals surface area contributed by atoms with Gasteiger partial charge in [0.15, 0.2) is 0 Å². The first-order valence-corrected chi connectivity index (χ1v) is 6.38. The van der Waals surface area contributed by atoms with Gasteiger partial charge in [0, 0.05) is 6.04 Å². The van der Waals surface area contributed by atoms with Gasteiger partial charge in [0.25, 0.3) is 0 Å². The van der Waals surface area contributed by atoms with Crippen LogP contribution in [0.2, 0.25) is 0 Å². The minimum Gasteiger partial charge on any atom is -0.313 e. The molecule has 0 saturated heterocycles. The number of rotatable bonds is 9. The SMILES string of the molecule is CCCCC(CC)CNC(CC)CC#N. The highest BCUT2D eigenvalue weighted by Gasteiger charge is 2.09. The van der Waals surface area contributed by atoms with E-state index in [9.17, 15) is 0 Å². The minimum absolute atomic E-state index is 0.394. The third-order valence-electron chi connectivity index (χ3n) is 3.07. The summed E-state index contributed by atoms with van der Waals surface area (Å²) in [4.78, 5) is 0. The molecule has 0 aromatic rings. The Morgan fingerprint density at radius 2 is 1.93 bits per heavy atom. The van der Waals surface area contributed by atoms with Crippen molar-refractivity contribution in [3.8, 4) is 6.07 Å². The van der Waals surface area contributed by atoms with Crippen molar-refractivity contribution < 1.29 is 0 Å². The summed E-state index contributed by atoms with van der Waals surface area (Å²) in [6.45, 7) is 7.72. The van der Waals surface area contributed by atoms with E-state index in [-0.39, 0.29) is 0 Å². The van der Waals surface area contributed by atoms with E-state index in [2.05, 4.69) is 32.2 Å². The van der Waals surface area contributed by atoms with Gasteiger partial charge < -0.3 is 5.32 Å². The van der Waals surface area contributed by atoms with Gasteiger partial charge in [0.1, 0.15) is 0 Å². The highest BCUT2D eigenvalue weighted by atomic mass is 14.9. The quantitative estimate of drug-likeness (QED) is 0.632. The molecule has 0 spiro atoms. The van der Waals surface area contributed by atoms with Crippen molar-refractivity contribution in [2.45, 2.75) is 65.3 Å². The number of nitrogens with one attached hydrogen (secondary N) is 1. The molecule has 1 N–H and O–H groups in total. The monoisotopic (exact) mass is 210 g/mol. The molecule has 0 radical (unpaired) electrons. The summed E-state index contributed by atoms with van der Waals surface area (Å²) in [5.74, 6) is 0.790. The van der Waals surface area contributed by atoms with Crippen LogP contribution in [0.15, 0.2) is 0 Å². The van der Waals surface area contributed by atoms with Crippen LogP contribution in [0.1, 0.15) is 59.3 Å². The summed E-state index contributed by atoms with van der Waals surface area (Å²) in [7, 11) is 0. The lowest BCUT2D eigenvalue weighted by molar-refractivity contribution is 0.384. The van der Waals surface area contributed by atoms with Crippen LogP contribution in [0, 0.1) is 17.2 Å². The van der Waals surface area contributed by atoms with E-state index in [4.69, 9.17) is 5.26 Å². The Balaban J connectivity index is 3.72. The van der Waals surface area contributed by atoms with Gasteiger partial charge in [0.05, 0.1) is 12.5 Å². The van der Waals surface area contributed by atoms with Crippen molar-refractivity contribution in [1.29, 1.82) is 5.26 Å². The second-order valence-corrected chi connectivity index (χ2v) is 4.29. The predicted molar refractivity (Wildman–Crippen MR) is 65.6 cm³/mol. The molecule has 0 aromatic heterocycles. The molecule has 0 saturated carbocycles. The maximum absolute atomic E-state index is 8.64. The molecule has 0 heterocycles. The highest BCUT2D eigenvalue weighted by Crippen LogP contribution is 2.12. The molecule has 0 aliphatic carbocycles. The standard InChI is InChI=1S/C13H26N2/c1-4-7-8-12(5-2)11-15-13(6-3)9-10-14/h12-13,15H,4-9,11H2,1-3H3. The van der Waals surface area contributed by atoms with Crippen molar-refractivity contribution >= 4 is 0 Å². The third kappa shape index (κ3) is 7.39. The first-order chi connectivity index (χ1) is 7.28. The number of unbranched alkanes of at least 4 members (excludes halogenated alkanes) is 1. The molecule has 2 unspecified atom stereocenters. The predicted octanol–water partition coefficient (Wildman–Crippen LogP) is 3.48. The lowest BCUT2D eigenvalue weighted by Crippen LogP contribution is -2.32. The van der Waals surface area contributed by atoms with Gasteiger partial charge in [-0.05, 0) is 25.3 Å². The Labute approximate surface area is 95.1 Å². The zero-order valence-electron chi connectivity index (χ0n) is 10.6. The Kier molecular flexibility index (Phi) is 9.62. The zero-order valence-corrected chi connectivity index (χ0v) is 10.6. The molecule has 2 nitrogen and oxygen atoms in total. The maximum Gasteiger partial charge on any atom is 0.0638 e. The van der Waals surface area contributed by atoms with Crippen LogP contribution in [-0.4, -0.2) is 12.6 Å². The van der Waals surface area contributed by atoms with Crippen molar-refractivity contribution in [2.24, 2.45) is 5.92 Å². The van der Waals surface area contributed by atoms with Gasteiger partial charge in [0.2, 0.25) is 0 Å². The molecule has 0 aromatic carbocycles. The first kappa shape index (κ1) is 14.5. The smallest absolute Gasteiger partial charge is 0.0638 e. The van der Waals surface area contributed by atoms with Crippen LogP contribution < -0.4 is 5.32 Å². The molecular formula is C13H26N2. The summed E-state index contributed by atoms with van der Waals surface area (Å²) < 4.78 is 0. The molecule has 88 valence electrons. The molecule has 0 fully saturated rings. The van der Waals surface area contributed by atoms with Crippen molar-refractivity contribution in [3.05, 3.63) is 0 Å². The fourth-order valence-corrected chi connectivity index (χ4v) is 1.75. The van der Waals surface area contributed by atoms with Gasteiger partial charge in [-0.3, -0.25) is 0 Å². The van der Waals surface area contributed by atoms with E-state index in [0.29, 0.717) is 12.5 Å². The number of hydrogen-bond donors (Lipinski definition) is 1. The summed E-state index contributed by atoms with van der Waals surface area (Å²) in [5, 5.41) is 12.1. The second-order valence-electron chi connectivity index (χ2n) is 4.29. The van der Waals surface area contributed by atoms with E-state index >= 15 is 0 Å². The van der Waals surface area contributed by atoms with Crippen molar-refractivity contribution in [1.82, 2.24) is 5.32 Å². The Morgan fingerprint density at radius 1 is 1.20 bits per heavy atom. The Hall–Kier alpha value is -0.550. The van der Waals surface area contributed by atoms with Crippen LogP contribution in [0.5, 0.6) is 0 Å². The van der Waals surface area contributed by atoms with Gasteiger partial charge in [-0.25, -0.2) is 0 Å². The average molecular weight is 210 g/mol. The fourth-order valence-electron chi connectivity index (χ4n) is 1.75. The summed E-state index contributed by atoms with van der Waals surface area (Å²) >= 11 is 0. The van der Waals surface area contributed by atoms with Crippen molar-refractivity contribution in [3.63, 3.8) is 0 Å². The number of nitriles is 1. The van der Waals surface area contributed by atoms with Crippen LogP contribution in [0.4, 0.5) is 0 Å². The molecule has 2 heteroatoms. The molecule has 0 aliphatic heterocycles. The van der Waals surface area contributed by atoms with Gasteiger partial charge in [-0.15, -0.1) is 0 Å². The van der Waals surface area contributed by atoms with Crippen LogP contribution in [-0.2, 0) is 0 Å². The van der Waals surface area contributed by atoms with E-state index in [1.807, 2.05) is 0 Å². The normalized spacial score (nSPS) is 14.5. The topological polar surface area (TPSA) is 35.8 Å². The lowest BCUT2D eigenvalue weighted by atomic mass is 9.98. The van der Waals surface area contributed by atoms with E-state index < -0.39 is 0 Å². The minimum atomic E-state index is 0.394. The fraction of sp³-hybridized carbons (Fsp3) is 0.923. The van der Waals surface area contributed by atoms with Gasteiger partial charge >= 0.3 is 0 Å². The largest absolute Gasteiger partial charge is 0.313 e. The van der Waals surface area contributed by atoms with E-state index in [1.165, 1.54) is 25.7 Å². The average Bonchev–Trinajstić information content (AvgIpc) is 2.27. The molecule has 2 atom stereocenters. The molecule has 0 aliphatic rings. The molecule has 0 amide bonds. The second kappa shape index (κ2) is 9.98. The van der Waals surface area contributed by atoms with Gasteiger partial charge in [-0.1, -0.05) is 40.0 Å². The van der Waals surface area contributed by atoms with E-state index in [1.54, 1.807) is 0 Å². The van der Waals surface area contributed by atoms with Crippen LogP contribution >= 0.6 is 0 Å². The zero-order chi connectivity index (χ0) is 11.5. The van der Waals surface area contributed by atoms with Crippen LogP contribution in [0.25, 0.3) is 0 Å². The molecule has 0 bridgehead atoms. The molecule has 0 rings (SSSR count). The maximum atomic E-state index is 8.64. The lowest BCUT2D eigenvalue weighted by Gasteiger charge is -2.19. The van der Waals surface area contributed by atoms with Crippen molar-refractivity contribution in [2.75, 3.05) is 6.54 Å². The Bertz CT molecular complexity index is 172. The van der Waals surface area contributed by atoms with Crippen LogP contribution in [0.3, 0.4) is 0 Å². The number of nitrogens with zero attached hydrogens (tertiary/aromatic N) is 1. The van der Waals surface area contributed by atoms with Gasteiger partial charge in [-0.2, -0.15) is 5.26 Å². The molecule has 15 heavy (non-hydrogen) atoms.